The topological polar surface area (TPSA) is 8.81 Å². The van der Waals surface area contributed by atoms with Crippen molar-refractivity contribution in [2.24, 2.45) is 0 Å². The Balaban J connectivity index is 2.04. The molecule has 2 nitrogen and oxygen atoms in total. The van der Waals surface area contributed by atoms with Gasteiger partial charge in [0.25, 0.3) is 5.82 Å². The van der Waals surface area contributed by atoms with Crippen LogP contribution in [0.3, 0.4) is 0 Å². The van der Waals surface area contributed by atoms with Crippen LogP contribution in [0.2, 0.25) is 0 Å². The number of nitrogens with zero attached hydrogens (tertiary/aromatic N) is 2. The van der Waals surface area contributed by atoms with Gasteiger partial charge in [-0.25, -0.2) is 9.13 Å². The van der Waals surface area contributed by atoms with Gasteiger partial charge in [0.05, 0.1) is 13.1 Å². The lowest BCUT2D eigenvalue weighted by molar-refractivity contribution is -0.704. The van der Waals surface area contributed by atoms with Gasteiger partial charge >= 0.3 is 0 Å². The van der Waals surface area contributed by atoms with Gasteiger partial charge in [0.15, 0.2) is 0 Å². The lowest BCUT2D eigenvalue weighted by Crippen LogP contribution is -2.37. The molecule has 0 aliphatic rings. The Morgan fingerprint density at radius 1 is 0.548 bits per heavy atom. The van der Waals surface area contributed by atoms with E-state index in [1.807, 2.05) is 0 Å². The molecule has 182 valence electrons. The van der Waals surface area contributed by atoms with Crippen molar-refractivity contribution in [3.8, 4) is 0 Å². The van der Waals surface area contributed by atoms with Crippen molar-refractivity contribution < 1.29 is 4.57 Å². The monoisotopic (exact) mass is 433 g/mol. The molecule has 1 aromatic rings. The maximum absolute atomic E-state index is 2.53. The standard InChI is InChI=1S/C29H57N2/c1-4-7-9-11-13-15-16-17-18-20-22-24-26-31-28-27-30(29(31)6-3)25-23-21-19-14-12-10-8-5-2/h27-28H,4-26H2,1-3H3/q+1. The third kappa shape index (κ3) is 14.8. The van der Waals surface area contributed by atoms with Crippen LogP contribution in [0.5, 0.6) is 0 Å². The molecule has 1 rings (SSSR count). The SMILES string of the molecule is CCCCCCCCCCCCCC[n+]1ccn(CCCCCCCCCC)c1CC. The molecule has 0 spiro atoms. The first-order chi connectivity index (χ1) is 15.3. The molecule has 0 aromatic carbocycles. The maximum atomic E-state index is 2.53. The number of aryl methyl sites for hydroxylation is 2. The van der Waals surface area contributed by atoms with Crippen LogP contribution in [0, 0.1) is 0 Å². The smallest absolute Gasteiger partial charge is 0.234 e. The number of aromatic nitrogens is 2. The zero-order chi connectivity index (χ0) is 22.4. The number of imidazole rings is 1. The highest BCUT2D eigenvalue weighted by Gasteiger charge is 2.14. The van der Waals surface area contributed by atoms with Crippen LogP contribution in [-0.4, -0.2) is 4.57 Å². The fraction of sp³-hybridized carbons (Fsp3) is 0.897. The Morgan fingerprint density at radius 3 is 1.42 bits per heavy atom. The molecule has 0 atom stereocenters. The molecular formula is C29H57N2+. The Bertz CT molecular complexity index is 491. The van der Waals surface area contributed by atoms with Crippen LogP contribution in [-0.2, 0) is 19.5 Å². The van der Waals surface area contributed by atoms with Gasteiger partial charge in [-0.05, 0) is 25.7 Å². The summed E-state index contributed by atoms with van der Waals surface area (Å²) in [6.45, 7) is 9.34. The van der Waals surface area contributed by atoms with Gasteiger partial charge in [0.2, 0.25) is 0 Å². The Morgan fingerprint density at radius 2 is 0.968 bits per heavy atom. The van der Waals surface area contributed by atoms with Crippen LogP contribution in [0.4, 0.5) is 0 Å². The van der Waals surface area contributed by atoms with Crippen molar-refractivity contribution >= 4 is 0 Å². The minimum atomic E-state index is 1.16. The number of rotatable bonds is 23. The van der Waals surface area contributed by atoms with Gasteiger partial charge in [-0.15, -0.1) is 0 Å². The van der Waals surface area contributed by atoms with Crippen LogP contribution in [0.1, 0.15) is 155 Å². The second-order valence-electron chi connectivity index (χ2n) is 9.82. The van der Waals surface area contributed by atoms with Crippen molar-refractivity contribution in [1.29, 1.82) is 0 Å². The zero-order valence-corrected chi connectivity index (χ0v) is 21.8. The van der Waals surface area contributed by atoms with E-state index in [-0.39, 0.29) is 0 Å². The third-order valence-electron chi connectivity index (χ3n) is 6.91. The van der Waals surface area contributed by atoms with Crippen LogP contribution in [0.15, 0.2) is 12.4 Å². The average Bonchev–Trinajstić information content (AvgIpc) is 3.18. The summed E-state index contributed by atoms with van der Waals surface area (Å²) in [5.74, 6) is 1.53. The predicted molar refractivity (Wildman–Crippen MR) is 138 cm³/mol. The molecule has 0 N–H and O–H groups in total. The van der Waals surface area contributed by atoms with Crippen molar-refractivity contribution in [2.75, 3.05) is 0 Å². The zero-order valence-electron chi connectivity index (χ0n) is 21.8. The molecule has 0 aliphatic carbocycles. The molecule has 0 aliphatic heterocycles. The summed E-state index contributed by atoms with van der Waals surface area (Å²) in [6.07, 6.45) is 34.2. The predicted octanol–water partition coefficient (Wildman–Crippen LogP) is 9.18. The first kappa shape index (κ1) is 28.2. The fourth-order valence-electron chi connectivity index (χ4n) is 4.85. The number of unbranched alkanes of at least 4 members (excludes halogenated alkanes) is 18. The highest BCUT2D eigenvalue weighted by atomic mass is 15.1. The molecule has 1 heterocycles. The van der Waals surface area contributed by atoms with E-state index in [0.29, 0.717) is 0 Å². The molecule has 0 bridgehead atoms. The highest BCUT2D eigenvalue weighted by Crippen LogP contribution is 2.13. The summed E-state index contributed by atoms with van der Waals surface area (Å²) in [7, 11) is 0. The molecule has 0 saturated carbocycles. The third-order valence-corrected chi connectivity index (χ3v) is 6.91. The summed E-state index contributed by atoms with van der Waals surface area (Å²) >= 11 is 0. The highest BCUT2D eigenvalue weighted by molar-refractivity contribution is 4.83. The van der Waals surface area contributed by atoms with Crippen LogP contribution >= 0.6 is 0 Å². The molecule has 0 fully saturated rings. The minimum absolute atomic E-state index is 1.16. The number of hydrogen-bond acceptors (Lipinski definition) is 0. The van der Waals surface area contributed by atoms with E-state index in [1.165, 1.54) is 147 Å². The van der Waals surface area contributed by atoms with Gasteiger partial charge in [-0.1, -0.05) is 124 Å². The summed E-state index contributed by atoms with van der Waals surface area (Å²) in [5, 5.41) is 0. The van der Waals surface area contributed by atoms with Gasteiger partial charge in [0.1, 0.15) is 12.4 Å². The molecule has 2 heteroatoms. The average molecular weight is 434 g/mol. The lowest BCUT2D eigenvalue weighted by atomic mass is 10.1. The number of hydrogen-bond donors (Lipinski definition) is 0. The van der Waals surface area contributed by atoms with Crippen LogP contribution in [0.25, 0.3) is 0 Å². The van der Waals surface area contributed by atoms with E-state index in [1.54, 1.807) is 0 Å². The molecule has 31 heavy (non-hydrogen) atoms. The summed E-state index contributed by atoms with van der Waals surface area (Å²) < 4.78 is 5.05. The van der Waals surface area contributed by atoms with Gasteiger partial charge < -0.3 is 0 Å². The molecular weight excluding hydrogens is 376 g/mol. The van der Waals surface area contributed by atoms with Crippen molar-refractivity contribution in [1.82, 2.24) is 4.57 Å². The second kappa shape index (κ2) is 21.1. The molecule has 0 amide bonds. The van der Waals surface area contributed by atoms with Gasteiger partial charge in [-0.3, -0.25) is 0 Å². The van der Waals surface area contributed by atoms with E-state index < -0.39 is 0 Å². The minimum Gasteiger partial charge on any atom is -0.234 e. The van der Waals surface area contributed by atoms with E-state index in [0.717, 1.165) is 6.42 Å². The van der Waals surface area contributed by atoms with Gasteiger partial charge in [0, 0.05) is 6.42 Å². The van der Waals surface area contributed by atoms with Crippen LogP contribution < -0.4 is 4.57 Å². The Hall–Kier alpha value is -0.790. The molecule has 0 radical (unpaired) electrons. The molecule has 1 aromatic heterocycles. The normalized spacial score (nSPS) is 11.5. The van der Waals surface area contributed by atoms with Gasteiger partial charge in [-0.2, -0.15) is 0 Å². The maximum Gasteiger partial charge on any atom is 0.256 e. The Labute approximate surface area is 196 Å². The molecule has 0 unspecified atom stereocenters. The Kier molecular flexibility index (Phi) is 19.2. The van der Waals surface area contributed by atoms with E-state index in [2.05, 4.69) is 42.3 Å². The van der Waals surface area contributed by atoms with E-state index in [4.69, 9.17) is 0 Å². The summed E-state index contributed by atoms with van der Waals surface area (Å²) in [5.41, 5.74) is 0. The fourth-order valence-corrected chi connectivity index (χ4v) is 4.85. The first-order valence-corrected chi connectivity index (χ1v) is 14.4. The van der Waals surface area contributed by atoms with E-state index in [9.17, 15) is 0 Å². The van der Waals surface area contributed by atoms with Crippen molar-refractivity contribution in [3.05, 3.63) is 18.2 Å². The quantitative estimate of drug-likeness (QED) is 0.120. The first-order valence-electron chi connectivity index (χ1n) is 14.4. The second-order valence-corrected chi connectivity index (χ2v) is 9.82. The summed E-state index contributed by atoms with van der Waals surface area (Å²) in [6, 6.07) is 0. The van der Waals surface area contributed by atoms with E-state index >= 15 is 0 Å². The molecule has 0 saturated heterocycles. The summed E-state index contributed by atoms with van der Waals surface area (Å²) in [4.78, 5) is 0. The van der Waals surface area contributed by atoms with Crippen molar-refractivity contribution in [3.63, 3.8) is 0 Å². The largest absolute Gasteiger partial charge is 0.256 e. The lowest BCUT2D eigenvalue weighted by Gasteiger charge is -2.05. The van der Waals surface area contributed by atoms with Crippen molar-refractivity contribution in [2.45, 2.75) is 169 Å².